The summed E-state index contributed by atoms with van der Waals surface area (Å²) in [4.78, 5) is 39.8. The van der Waals surface area contributed by atoms with Crippen LogP contribution < -0.4 is 20.3 Å². The van der Waals surface area contributed by atoms with Gasteiger partial charge in [-0.05, 0) is 80.4 Å². The summed E-state index contributed by atoms with van der Waals surface area (Å²) in [6, 6.07) is 19.0. The van der Waals surface area contributed by atoms with Crippen LogP contribution in [0.2, 0.25) is 0 Å². The molecule has 1 aliphatic rings. The third-order valence-electron chi connectivity index (χ3n) is 5.66. The molecule has 3 aromatic rings. The minimum absolute atomic E-state index is 0.0401. The molecule has 0 saturated carbocycles. The van der Waals surface area contributed by atoms with Crippen molar-refractivity contribution in [3.8, 4) is 5.75 Å². The zero-order valence-electron chi connectivity index (χ0n) is 19.5. The first-order valence-electron chi connectivity index (χ1n) is 11.1. The van der Waals surface area contributed by atoms with E-state index in [0.717, 1.165) is 16.0 Å². The van der Waals surface area contributed by atoms with E-state index in [2.05, 4.69) is 10.6 Å². The molecule has 0 bridgehead atoms. The van der Waals surface area contributed by atoms with Gasteiger partial charge >= 0.3 is 0 Å². The Kier molecular flexibility index (Phi) is 6.89. The molecule has 2 N–H and O–H groups in total. The Balaban J connectivity index is 1.52. The van der Waals surface area contributed by atoms with Gasteiger partial charge in [-0.3, -0.25) is 14.4 Å². The fourth-order valence-electron chi connectivity index (χ4n) is 3.69. The highest BCUT2D eigenvalue weighted by molar-refractivity contribution is 6.53. The molecule has 1 aliphatic heterocycles. The van der Waals surface area contributed by atoms with Gasteiger partial charge in [0.25, 0.3) is 17.7 Å². The van der Waals surface area contributed by atoms with Crippen LogP contribution in [-0.2, 0) is 9.59 Å². The number of ether oxygens (including phenoxy) is 1. The van der Waals surface area contributed by atoms with Crippen molar-refractivity contribution < 1.29 is 19.1 Å². The summed E-state index contributed by atoms with van der Waals surface area (Å²) in [5, 5.41) is 5.54. The van der Waals surface area contributed by atoms with Crippen LogP contribution in [0.5, 0.6) is 5.75 Å². The summed E-state index contributed by atoms with van der Waals surface area (Å²) in [5.74, 6) is -0.772. The molecule has 0 aliphatic carbocycles. The minimum Gasteiger partial charge on any atom is -0.494 e. The molecule has 8 heteroatoms. The van der Waals surface area contributed by atoms with E-state index >= 15 is 0 Å². The summed E-state index contributed by atoms with van der Waals surface area (Å²) in [6.45, 7) is 6.21. The Morgan fingerprint density at radius 2 is 1.66 bits per heavy atom. The van der Waals surface area contributed by atoms with E-state index in [1.165, 1.54) is 0 Å². The fraction of sp³-hybridized carbons (Fsp3) is 0.148. The van der Waals surface area contributed by atoms with E-state index < -0.39 is 11.8 Å². The van der Waals surface area contributed by atoms with E-state index in [1.54, 1.807) is 60.7 Å². The predicted molar refractivity (Wildman–Crippen MR) is 137 cm³/mol. The highest BCUT2D eigenvalue weighted by Crippen LogP contribution is 2.33. The average molecular weight is 490 g/mol. The molecule has 3 aromatic carbocycles. The number of carbonyl (C=O) groups is 3. The second-order valence-corrected chi connectivity index (χ2v) is 8.35. The van der Waals surface area contributed by atoms with E-state index in [9.17, 15) is 14.4 Å². The lowest BCUT2D eigenvalue weighted by atomic mass is 10.1. The Morgan fingerprint density at radius 1 is 0.943 bits per heavy atom. The maximum Gasteiger partial charge on any atom is 0.283 e. The van der Waals surface area contributed by atoms with Crippen molar-refractivity contribution in [3.63, 3.8) is 0 Å². The van der Waals surface area contributed by atoms with Gasteiger partial charge in [0, 0.05) is 16.9 Å². The number of hydrogen-bond donors (Lipinski definition) is 2. The largest absolute Gasteiger partial charge is 0.494 e. The molecule has 0 saturated heterocycles. The molecule has 4 rings (SSSR count). The summed E-state index contributed by atoms with van der Waals surface area (Å²) < 4.78 is 5.41. The lowest BCUT2D eigenvalue weighted by molar-refractivity contribution is -0.120. The van der Waals surface area contributed by atoms with Crippen LogP contribution >= 0.6 is 11.6 Å². The number of amides is 3. The second-order valence-electron chi connectivity index (χ2n) is 7.97. The molecule has 0 aromatic heterocycles. The van der Waals surface area contributed by atoms with Crippen LogP contribution in [0.1, 0.15) is 28.4 Å². The Morgan fingerprint density at radius 3 is 2.37 bits per heavy atom. The highest BCUT2D eigenvalue weighted by Gasteiger charge is 2.39. The van der Waals surface area contributed by atoms with Crippen molar-refractivity contribution >= 4 is 46.4 Å². The van der Waals surface area contributed by atoms with E-state index in [0.29, 0.717) is 35.0 Å². The van der Waals surface area contributed by atoms with Crippen molar-refractivity contribution in [1.82, 2.24) is 0 Å². The molecular formula is C27H24ClN3O4. The lowest BCUT2D eigenvalue weighted by Gasteiger charge is -2.18. The number of imide groups is 1. The summed E-state index contributed by atoms with van der Waals surface area (Å²) in [6.07, 6.45) is 0. The smallest absolute Gasteiger partial charge is 0.283 e. The number of benzene rings is 3. The number of carbonyl (C=O) groups excluding carboxylic acids is 3. The summed E-state index contributed by atoms with van der Waals surface area (Å²) in [7, 11) is 0. The standard InChI is InChI=1S/C27H24ClN3O4/c1-4-35-21-13-11-19(12-14-21)30-25(32)18-8-6-9-20(15-18)29-24-23(28)26(33)31(27(24)34)22-10-5-7-16(2)17(22)3/h5-15,29H,4H2,1-3H3,(H,30,32). The molecule has 0 radical (unpaired) electrons. The first kappa shape index (κ1) is 24.0. The molecule has 0 fully saturated rings. The van der Waals surface area contributed by atoms with Crippen molar-refractivity contribution in [2.24, 2.45) is 0 Å². The van der Waals surface area contributed by atoms with Crippen LogP contribution in [0.4, 0.5) is 17.1 Å². The molecule has 7 nitrogen and oxygen atoms in total. The van der Waals surface area contributed by atoms with Crippen molar-refractivity contribution in [1.29, 1.82) is 0 Å². The molecule has 0 atom stereocenters. The number of rotatable bonds is 7. The Labute approximate surface area is 208 Å². The van der Waals surface area contributed by atoms with Crippen molar-refractivity contribution in [2.45, 2.75) is 20.8 Å². The van der Waals surface area contributed by atoms with Gasteiger partial charge in [0.1, 0.15) is 16.5 Å². The zero-order chi connectivity index (χ0) is 25.1. The number of hydrogen-bond acceptors (Lipinski definition) is 5. The van der Waals surface area contributed by atoms with Gasteiger partial charge in [-0.1, -0.05) is 29.8 Å². The highest BCUT2D eigenvalue weighted by atomic mass is 35.5. The fourth-order valence-corrected chi connectivity index (χ4v) is 3.91. The van der Waals surface area contributed by atoms with Crippen LogP contribution in [0.15, 0.2) is 77.5 Å². The number of anilines is 3. The number of nitrogens with one attached hydrogen (secondary N) is 2. The molecule has 178 valence electrons. The molecule has 3 amide bonds. The first-order chi connectivity index (χ1) is 16.8. The zero-order valence-corrected chi connectivity index (χ0v) is 20.3. The SMILES string of the molecule is CCOc1ccc(NC(=O)c2cccc(NC3=C(Cl)C(=O)N(c4cccc(C)c4C)C3=O)c2)cc1. The average Bonchev–Trinajstić information content (AvgIpc) is 3.05. The Bertz CT molecular complexity index is 1350. The van der Waals surface area contributed by atoms with E-state index in [-0.39, 0.29) is 16.6 Å². The second kappa shape index (κ2) is 10.0. The topological polar surface area (TPSA) is 87.7 Å². The number of nitrogens with zero attached hydrogens (tertiary/aromatic N) is 1. The number of aryl methyl sites for hydroxylation is 1. The van der Waals surface area contributed by atoms with Gasteiger partial charge in [-0.2, -0.15) is 0 Å². The number of halogens is 1. The summed E-state index contributed by atoms with van der Waals surface area (Å²) in [5.41, 5.74) is 3.63. The van der Waals surface area contributed by atoms with Gasteiger partial charge in [-0.15, -0.1) is 0 Å². The Hall–Kier alpha value is -4.10. The quantitative estimate of drug-likeness (QED) is 0.434. The van der Waals surface area contributed by atoms with Gasteiger partial charge in [0.2, 0.25) is 0 Å². The minimum atomic E-state index is -0.600. The van der Waals surface area contributed by atoms with Crippen molar-refractivity contribution in [3.05, 3.63) is 94.1 Å². The third kappa shape index (κ3) is 4.90. The van der Waals surface area contributed by atoms with Gasteiger partial charge < -0.3 is 15.4 Å². The van der Waals surface area contributed by atoms with Gasteiger partial charge in [0.05, 0.1) is 12.3 Å². The lowest BCUT2D eigenvalue weighted by Crippen LogP contribution is -2.33. The molecular weight excluding hydrogens is 466 g/mol. The molecule has 35 heavy (non-hydrogen) atoms. The third-order valence-corrected chi connectivity index (χ3v) is 6.01. The van der Waals surface area contributed by atoms with E-state index in [1.807, 2.05) is 26.8 Å². The maximum absolute atomic E-state index is 13.1. The van der Waals surface area contributed by atoms with Crippen LogP contribution in [-0.4, -0.2) is 24.3 Å². The maximum atomic E-state index is 13.1. The normalized spacial score (nSPS) is 13.3. The molecule has 0 spiro atoms. The van der Waals surface area contributed by atoms with Crippen molar-refractivity contribution in [2.75, 3.05) is 22.1 Å². The predicted octanol–water partition coefficient (Wildman–Crippen LogP) is 5.39. The van der Waals surface area contributed by atoms with E-state index in [4.69, 9.17) is 16.3 Å². The summed E-state index contributed by atoms with van der Waals surface area (Å²) >= 11 is 6.27. The van der Waals surface area contributed by atoms with Gasteiger partial charge in [0.15, 0.2) is 0 Å². The van der Waals surface area contributed by atoms with Gasteiger partial charge in [-0.25, -0.2) is 4.90 Å². The molecule has 0 unspecified atom stereocenters. The van der Waals surface area contributed by atoms with Crippen LogP contribution in [0.3, 0.4) is 0 Å². The van der Waals surface area contributed by atoms with Crippen LogP contribution in [0.25, 0.3) is 0 Å². The first-order valence-corrected chi connectivity index (χ1v) is 11.4. The molecule has 1 heterocycles. The van der Waals surface area contributed by atoms with Crippen LogP contribution in [0, 0.1) is 13.8 Å². The monoisotopic (exact) mass is 489 g/mol.